The van der Waals surface area contributed by atoms with Gasteiger partial charge in [0.05, 0.1) is 0 Å². The first-order chi connectivity index (χ1) is 7.16. The lowest BCUT2D eigenvalue weighted by molar-refractivity contribution is 0.536. The molecule has 82 valence electrons. The molecule has 3 heteroatoms. The number of hydrogen-bond acceptors (Lipinski definition) is 2. The molecular formula is C12H19N3. The molecule has 0 radical (unpaired) electrons. The van der Waals surface area contributed by atoms with E-state index in [4.69, 9.17) is 0 Å². The average Bonchev–Trinajstić information content (AvgIpc) is 2.63. The van der Waals surface area contributed by atoms with Gasteiger partial charge in [0.15, 0.2) is 5.65 Å². The van der Waals surface area contributed by atoms with Gasteiger partial charge in [-0.25, -0.2) is 4.98 Å². The van der Waals surface area contributed by atoms with Gasteiger partial charge in [0.1, 0.15) is 0 Å². The van der Waals surface area contributed by atoms with Crippen LogP contribution in [-0.2, 0) is 0 Å². The van der Waals surface area contributed by atoms with Gasteiger partial charge in [0.2, 0.25) is 0 Å². The van der Waals surface area contributed by atoms with Crippen molar-refractivity contribution in [3.05, 3.63) is 24.0 Å². The van der Waals surface area contributed by atoms with E-state index < -0.39 is 0 Å². The molecule has 0 fully saturated rings. The third-order valence-corrected chi connectivity index (χ3v) is 2.04. The van der Waals surface area contributed by atoms with Crippen molar-refractivity contribution in [2.75, 3.05) is 0 Å². The van der Waals surface area contributed by atoms with Crippen molar-refractivity contribution in [2.45, 2.75) is 40.7 Å². The zero-order valence-corrected chi connectivity index (χ0v) is 10.2. The van der Waals surface area contributed by atoms with Crippen LogP contribution in [0.4, 0.5) is 0 Å². The lowest BCUT2D eigenvalue weighted by Gasteiger charge is -2.01. The summed E-state index contributed by atoms with van der Waals surface area (Å²) in [6.07, 6.45) is 3.89. The number of pyridine rings is 1. The van der Waals surface area contributed by atoms with Gasteiger partial charge in [-0.1, -0.05) is 13.8 Å². The first-order valence-electron chi connectivity index (χ1n) is 5.48. The van der Waals surface area contributed by atoms with Gasteiger partial charge in [0.25, 0.3) is 0 Å². The highest BCUT2D eigenvalue weighted by Crippen LogP contribution is 2.13. The van der Waals surface area contributed by atoms with Gasteiger partial charge < -0.3 is 0 Å². The molecule has 0 aliphatic carbocycles. The Labute approximate surface area is 91.1 Å². The van der Waals surface area contributed by atoms with Gasteiger partial charge in [0, 0.05) is 23.8 Å². The first-order valence-corrected chi connectivity index (χ1v) is 5.48. The largest absolute Gasteiger partial charge is 0.267 e. The van der Waals surface area contributed by atoms with Crippen molar-refractivity contribution < 1.29 is 0 Å². The van der Waals surface area contributed by atoms with Crippen molar-refractivity contribution >= 4 is 11.0 Å². The molecule has 0 N–H and O–H groups in total. The van der Waals surface area contributed by atoms with Gasteiger partial charge in [-0.2, -0.15) is 5.10 Å². The first kappa shape index (κ1) is 11.7. The predicted molar refractivity (Wildman–Crippen MR) is 64.0 cm³/mol. The fourth-order valence-electron chi connectivity index (χ4n) is 1.31. The third kappa shape index (κ3) is 2.55. The molecule has 2 rings (SSSR count). The summed E-state index contributed by atoms with van der Waals surface area (Å²) in [5.74, 6) is 0. The molecule has 0 spiro atoms. The van der Waals surface area contributed by atoms with Gasteiger partial charge >= 0.3 is 0 Å². The van der Waals surface area contributed by atoms with Crippen molar-refractivity contribution in [2.24, 2.45) is 0 Å². The number of hydrogen-bond donors (Lipinski definition) is 0. The molecule has 0 unspecified atom stereocenters. The summed E-state index contributed by atoms with van der Waals surface area (Å²) < 4.78 is 1.94. The highest BCUT2D eigenvalue weighted by molar-refractivity contribution is 5.74. The molecule has 0 saturated heterocycles. The number of fused-ring (bicyclic) bond motifs is 1. The van der Waals surface area contributed by atoms with E-state index in [1.54, 1.807) is 0 Å². The average molecular weight is 205 g/mol. The topological polar surface area (TPSA) is 30.7 Å². The lowest BCUT2D eigenvalue weighted by atomic mass is 10.3. The van der Waals surface area contributed by atoms with E-state index in [2.05, 4.69) is 30.0 Å². The van der Waals surface area contributed by atoms with E-state index >= 15 is 0 Å². The van der Waals surface area contributed by atoms with Gasteiger partial charge in [-0.15, -0.1) is 0 Å². The van der Waals surface area contributed by atoms with Crippen LogP contribution < -0.4 is 0 Å². The second-order valence-electron chi connectivity index (χ2n) is 3.63. The third-order valence-electron chi connectivity index (χ3n) is 2.04. The van der Waals surface area contributed by atoms with Crippen LogP contribution in [0.25, 0.3) is 11.0 Å². The van der Waals surface area contributed by atoms with Crippen molar-refractivity contribution in [1.29, 1.82) is 0 Å². The molecule has 3 nitrogen and oxygen atoms in total. The monoisotopic (exact) mass is 205 g/mol. The molecule has 0 aliphatic rings. The zero-order chi connectivity index (χ0) is 11.4. The SMILES string of the molecule is CC.Cc1cnc2nn(C(C)C)cc2c1. The fraction of sp³-hybridized carbons (Fsp3) is 0.500. The minimum atomic E-state index is 0.398. The molecular weight excluding hydrogens is 186 g/mol. The molecule has 15 heavy (non-hydrogen) atoms. The molecule has 0 amide bonds. The molecule has 0 aromatic carbocycles. The number of aryl methyl sites for hydroxylation is 1. The Bertz CT molecular complexity index is 429. The molecule has 2 heterocycles. The quantitative estimate of drug-likeness (QED) is 0.714. The minimum Gasteiger partial charge on any atom is -0.267 e. The van der Waals surface area contributed by atoms with E-state index in [1.165, 1.54) is 5.56 Å². The fourth-order valence-corrected chi connectivity index (χ4v) is 1.31. The van der Waals surface area contributed by atoms with Gasteiger partial charge in [-0.05, 0) is 32.4 Å². The van der Waals surface area contributed by atoms with E-state index in [1.807, 2.05) is 37.8 Å². The van der Waals surface area contributed by atoms with Crippen LogP contribution in [0.2, 0.25) is 0 Å². The van der Waals surface area contributed by atoms with E-state index in [9.17, 15) is 0 Å². The molecule has 0 atom stereocenters. The maximum absolute atomic E-state index is 4.36. The van der Waals surface area contributed by atoms with Crippen LogP contribution in [0.1, 0.15) is 39.3 Å². The van der Waals surface area contributed by atoms with Crippen LogP contribution in [0, 0.1) is 6.92 Å². The molecule has 2 aromatic rings. The highest BCUT2D eigenvalue weighted by Gasteiger charge is 2.03. The summed E-state index contributed by atoms with van der Waals surface area (Å²) in [5, 5.41) is 5.48. The summed E-state index contributed by atoms with van der Waals surface area (Å²) in [4.78, 5) is 4.25. The van der Waals surface area contributed by atoms with Crippen LogP contribution in [-0.4, -0.2) is 14.8 Å². The van der Waals surface area contributed by atoms with E-state index in [-0.39, 0.29) is 0 Å². The maximum Gasteiger partial charge on any atom is 0.181 e. The summed E-state index contributed by atoms with van der Waals surface area (Å²) in [7, 11) is 0. The highest BCUT2D eigenvalue weighted by atomic mass is 15.3. The lowest BCUT2D eigenvalue weighted by Crippen LogP contribution is -2.00. The van der Waals surface area contributed by atoms with Crippen LogP contribution >= 0.6 is 0 Å². The Morgan fingerprint density at radius 1 is 1.27 bits per heavy atom. The number of nitrogens with zero attached hydrogens (tertiary/aromatic N) is 3. The number of rotatable bonds is 1. The summed E-state index contributed by atoms with van der Waals surface area (Å²) >= 11 is 0. The van der Waals surface area contributed by atoms with Gasteiger partial charge in [-0.3, -0.25) is 4.68 Å². The summed E-state index contributed by atoms with van der Waals surface area (Å²) in [6.45, 7) is 10.3. The normalized spacial score (nSPS) is 10.3. The Balaban J connectivity index is 0.000000531. The standard InChI is InChI=1S/C10H13N3.C2H6/c1-7(2)13-6-9-4-8(3)5-11-10(9)12-13;1-2/h4-7H,1-3H3;1-2H3. The molecule has 2 aromatic heterocycles. The second-order valence-corrected chi connectivity index (χ2v) is 3.63. The molecule has 0 aliphatic heterocycles. The Morgan fingerprint density at radius 3 is 2.53 bits per heavy atom. The van der Waals surface area contributed by atoms with E-state index in [0.717, 1.165) is 11.0 Å². The Hall–Kier alpha value is -1.38. The predicted octanol–water partition coefficient (Wildman–Crippen LogP) is 3.35. The minimum absolute atomic E-state index is 0.398. The Morgan fingerprint density at radius 2 is 1.93 bits per heavy atom. The molecule has 0 saturated carbocycles. The molecule has 0 bridgehead atoms. The number of aromatic nitrogens is 3. The second kappa shape index (κ2) is 4.91. The summed E-state index contributed by atoms with van der Waals surface area (Å²) in [5.41, 5.74) is 2.01. The van der Waals surface area contributed by atoms with Crippen molar-refractivity contribution in [1.82, 2.24) is 14.8 Å². The van der Waals surface area contributed by atoms with Crippen molar-refractivity contribution in [3.8, 4) is 0 Å². The maximum atomic E-state index is 4.36. The smallest absolute Gasteiger partial charge is 0.181 e. The van der Waals surface area contributed by atoms with Crippen LogP contribution in [0.3, 0.4) is 0 Å². The zero-order valence-electron chi connectivity index (χ0n) is 10.2. The van der Waals surface area contributed by atoms with Crippen molar-refractivity contribution in [3.63, 3.8) is 0 Å². The van der Waals surface area contributed by atoms with E-state index in [0.29, 0.717) is 6.04 Å². The summed E-state index contributed by atoms with van der Waals surface area (Å²) in [6, 6.07) is 2.50. The van der Waals surface area contributed by atoms with Crippen LogP contribution in [0.5, 0.6) is 0 Å². The Kier molecular flexibility index (Phi) is 3.83. The van der Waals surface area contributed by atoms with Crippen LogP contribution in [0.15, 0.2) is 18.5 Å².